The molecule has 2 amide bonds. The monoisotopic (exact) mass is 350 g/mol. The zero-order chi connectivity index (χ0) is 18.1. The summed E-state index contributed by atoms with van der Waals surface area (Å²) in [6.45, 7) is 0.625. The number of aryl methyl sites for hydroxylation is 1. The molecule has 0 aromatic heterocycles. The fourth-order valence-electron chi connectivity index (χ4n) is 3.21. The molecular formula is C19H27FN2O3. The number of hydrogen-bond donors (Lipinski definition) is 3. The van der Waals surface area contributed by atoms with Gasteiger partial charge in [0.2, 0.25) is 0 Å². The number of carbonyl (C=O) groups is 2. The van der Waals surface area contributed by atoms with Crippen LogP contribution in [-0.4, -0.2) is 29.7 Å². The first-order valence-electron chi connectivity index (χ1n) is 9.06. The van der Waals surface area contributed by atoms with E-state index in [1.807, 2.05) is 0 Å². The van der Waals surface area contributed by atoms with Gasteiger partial charge in [-0.1, -0.05) is 18.6 Å². The average molecular weight is 350 g/mol. The molecule has 5 nitrogen and oxygen atoms in total. The summed E-state index contributed by atoms with van der Waals surface area (Å²) >= 11 is 0. The lowest BCUT2D eigenvalue weighted by atomic mass is 9.86. The lowest BCUT2D eigenvalue weighted by molar-refractivity contribution is -0.142. The maximum atomic E-state index is 12.8. The number of amides is 2. The molecule has 0 unspecified atom stereocenters. The van der Waals surface area contributed by atoms with Gasteiger partial charge in [0.25, 0.3) is 0 Å². The number of halogens is 1. The summed E-state index contributed by atoms with van der Waals surface area (Å²) in [5.74, 6) is -1.21. The summed E-state index contributed by atoms with van der Waals surface area (Å²) in [6.07, 6.45) is 6.53. The second-order valence-corrected chi connectivity index (χ2v) is 6.72. The van der Waals surface area contributed by atoms with Gasteiger partial charge in [-0.25, -0.2) is 9.18 Å². The highest BCUT2D eigenvalue weighted by Crippen LogP contribution is 2.24. The van der Waals surface area contributed by atoms with Crippen molar-refractivity contribution in [3.05, 3.63) is 35.6 Å². The molecule has 25 heavy (non-hydrogen) atoms. The zero-order valence-electron chi connectivity index (χ0n) is 14.5. The van der Waals surface area contributed by atoms with Crippen molar-refractivity contribution in [1.29, 1.82) is 0 Å². The van der Waals surface area contributed by atoms with E-state index in [2.05, 4.69) is 10.6 Å². The van der Waals surface area contributed by atoms with Gasteiger partial charge in [0.05, 0.1) is 5.92 Å². The summed E-state index contributed by atoms with van der Waals surface area (Å²) in [5.41, 5.74) is 1.13. The maximum absolute atomic E-state index is 12.8. The fourth-order valence-corrected chi connectivity index (χ4v) is 3.21. The van der Waals surface area contributed by atoms with Crippen molar-refractivity contribution in [1.82, 2.24) is 10.6 Å². The minimum atomic E-state index is -0.733. The molecule has 1 aromatic rings. The fraction of sp³-hybridized carbons (Fsp3) is 0.579. The first kappa shape index (κ1) is 19.2. The third-order valence-electron chi connectivity index (χ3n) is 4.75. The third-order valence-corrected chi connectivity index (χ3v) is 4.75. The molecule has 0 bridgehead atoms. The SMILES string of the molecule is O=C(NCCCCCc1ccc(F)cc1)NC1CCC(C(=O)O)CC1. The Morgan fingerprint density at radius 1 is 1.04 bits per heavy atom. The van der Waals surface area contributed by atoms with Gasteiger partial charge in [-0.05, 0) is 62.6 Å². The van der Waals surface area contributed by atoms with Gasteiger partial charge in [0.1, 0.15) is 5.82 Å². The molecule has 6 heteroatoms. The van der Waals surface area contributed by atoms with Crippen LogP contribution in [0.3, 0.4) is 0 Å². The number of hydrogen-bond acceptors (Lipinski definition) is 2. The predicted molar refractivity (Wildman–Crippen MR) is 93.9 cm³/mol. The molecule has 0 atom stereocenters. The van der Waals surface area contributed by atoms with Crippen molar-refractivity contribution >= 4 is 12.0 Å². The molecule has 1 fully saturated rings. The van der Waals surface area contributed by atoms with E-state index in [4.69, 9.17) is 5.11 Å². The van der Waals surface area contributed by atoms with E-state index in [1.165, 1.54) is 12.1 Å². The molecule has 138 valence electrons. The highest BCUT2D eigenvalue weighted by atomic mass is 19.1. The lowest BCUT2D eigenvalue weighted by Crippen LogP contribution is -2.44. The van der Waals surface area contributed by atoms with E-state index in [1.54, 1.807) is 12.1 Å². The standard InChI is InChI=1S/C19H27FN2O3/c20-16-9-5-14(6-10-16)4-2-1-3-13-21-19(25)22-17-11-7-15(8-12-17)18(23)24/h5-6,9-10,15,17H,1-4,7-8,11-13H2,(H,23,24)(H2,21,22,25). The van der Waals surface area contributed by atoms with Gasteiger partial charge >= 0.3 is 12.0 Å². The summed E-state index contributed by atoms with van der Waals surface area (Å²) in [6, 6.07) is 6.47. The number of carbonyl (C=O) groups excluding carboxylic acids is 1. The largest absolute Gasteiger partial charge is 0.481 e. The van der Waals surface area contributed by atoms with Crippen molar-refractivity contribution in [2.45, 2.75) is 57.4 Å². The van der Waals surface area contributed by atoms with Crippen LogP contribution in [0.4, 0.5) is 9.18 Å². The Hall–Kier alpha value is -2.11. The van der Waals surface area contributed by atoms with Gasteiger partial charge in [-0.3, -0.25) is 4.79 Å². The number of carboxylic acid groups (broad SMARTS) is 1. The number of unbranched alkanes of at least 4 members (excludes halogenated alkanes) is 2. The summed E-state index contributed by atoms with van der Waals surface area (Å²) < 4.78 is 12.8. The first-order valence-corrected chi connectivity index (χ1v) is 9.06. The number of nitrogens with one attached hydrogen (secondary N) is 2. The Morgan fingerprint density at radius 3 is 2.36 bits per heavy atom. The molecule has 0 spiro atoms. The van der Waals surface area contributed by atoms with E-state index in [0.29, 0.717) is 19.4 Å². The molecule has 1 aromatic carbocycles. The molecule has 2 rings (SSSR count). The predicted octanol–water partition coefficient (Wildman–Crippen LogP) is 3.48. The molecule has 0 saturated heterocycles. The number of carboxylic acids is 1. The second kappa shape index (κ2) is 10.0. The molecule has 0 heterocycles. The third kappa shape index (κ3) is 7.11. The first-order chi connectivity index (χ1) is 12.0. The van der Waals surface area contributed by atoms with E-state index < -0.39 is 5.97 Å². The summed E-state index contributed by atoms with van der Waals surface area (Å²) in [5, 5.41) is 14.7. The second-order valence-electron chi connectivity index (χ2n) is 6.72. The van der Waals surface area contributed by atoms with Gasteiger partial charge < -0.3 is 15.7 Å². The van der Waals surface area contributed by atoms with Gasteiger partial charge in [0, 0.05) is 12.6 Å². The van der Waals surface area contributed by atoms with Gasteiger partial charge in [0.15, 0.2) is 0 Å². The maximum Gasteiger partial charge on any atom is 0.315 e. The van der Waals surface area contributed by atoms with Crippen molar-refractivity contribution < 1.29 is 19.1 Å². The topological polar surface area (TPSA) is 78.4 Å². The van der Waals surface area contributed by atoms with Crippen molar-refractivity contribution in [2.24, 2.45) is 5.92 Å². The quantitative estimate of drug-likeness (QED) is 0.628. The van der Waals surface area contributed by atoms with Gasteiger partial charge in [-0.2, -0.15) is 0 Å². The zero-order valence-corrected chi connectivity index (χ0v) is 14.5. The minimum absolute atomic E-state index is 0.0778. The Labute approximate surface area is 148 Å². The summed E-state index contributed by atoms with van der Waals surface area (Å²) in [7, 11) is 0. The molecule has 1 aliphatic carbocycles. The van der Waals surface area contributed by atoms with Crippen molar-refractivity contribution in [3.63, 3.8) is 0 Å². The van der Waals surface area contributed by atoms with Crippen LogP contribution < -0.4 is 10.6 Å². The van der Waals surface area contributed by atoms with Crippen LogP contribution in [0.25, 0.3) is 0 Å². The minimum Gasteiger partial charge on any atom is -0.481 e. The van der Waals surface area contributed by atoms with Crippen LogP contribution in [0.5, 0.6) is 0 Å². The Kier molecular flexibility index (Phi) is 7.70. The highest BCUT2D eigenvalue weighted by molar-refractivity contribution is 5.74. The van der Waals surface area contributed by atoms with E-state index >= 15 is 0 Å². The molecule has 0 radical (unpaired) electrons. The average Bonchev–Trinajstić information content (AvgIpc) is 2.60. The van der Waals surface area contributed by atoms with E-state index in [9.17, 15) is 14.0 Å². The molecule has 1 saturated carbocycles. The molecule has 0 aliphatic heterocycles. The molecular weight excluding hydrogens is 323 g/mol. The van der Waals surface area contributed by atoms with Crippen LogP contribution in [-0.2, 0) is 11.2 Å². The van der Waals surface area contributed by atoms with Crippen LogP contribution in [0.2, 0.25) is 0 Å². The van der Waals surface area contributed by atoms with Crippen LogP contribution >= 0.6 is 0 Å². The summed E-state index contributed by atoms with van der Waals surface area (Å²) in [4.78, 5) is 22.7. The normalized spacial score (nSPS) is 20.0. The van der Waals surface area contributed by atoms with E-state index in [0.717, 1.165) is 44.1 Å². The Balaban J connectivity index is 1.50. The van der Waals surface area contributed by atoms with E-state index in [-0.39, 0.29) is 23.8 Å². The Bertz CT molecular complexity index is 554. The Morgan fingerprint density at radius 2 is 1.72 bits per heavy atom. The lowest BCUT2D eigenvalue weighted by Gasteiger charge is -2.26. The smallest absolute Gasteiger partial charge is 0.315 e. The van der Waals surface area contributed by atoms with Crippen LogP contribution in [0, 0.1) is 11.7 Å². The number of urea groups is 1. The number of benzene rings is 1. The van der Waals surface area contributed by atoms with Crippen LogP contribution in [0.15, 0.2) is 24.3 Å². The molecule has 3 N–H and O–H groups in total. The van der Waals surface area contributed by atoms with Crippen molar-refractivity contribution in [2.75, 3.05) is 6.54 Å². The van der Waals surface area contributed by atoms with Gasteiger partial charge in [-0.15, -0.1) is 0 Å². The molecule has 1 aliphatic rings. The number of aliphatic carboxylic acids is 1. The van der Waals surface area contributed by atoms with Crippen LogP contribution in [0.1, 0.15) is 50.5 Å². The van der Waals surface area contributed by atoms with Crippen molar-refractivity contribution in [3.8, 4) is 0 Å². The number of rotatable bonds is 8. The highest BCUT2D eigenvalue weighted by Gasteiger charge is 2.26.